The lowest BCUT2D eigenvalue weighted by atomic mass is 9.81. The van der Waals surface area contributed by atoms with Gasteiger partial charge < -0.3 is 15.2 Å². The molecule has 3 atom stereocenters. The van der Waals surface area contributed by atoms with Crippen LogP contribution in [0.25, 0.3) is 0 Å². The number of piperidine rings is 4. The predicted octanol–water partition coefficient (Wildman–Crippen LogP) is 2.74. The first-order valence-corrected chi connectivity index (χ1v) is 10.1. The van der Waals surface area contributed by atoms with Gasteiger partial charge in [0, 0.05) is 6.54 Å². The van der Waals surface area contributed by atoms with Crippen molar-refractivity contribution in [1.82, 2.24) is 10.2 Å². The average molecular weight is 431 g/mol. The Balaban J connectivity index is 0.00000140. The summed E-state index contributed by atoms with van der Waals surface area (Å²) in [6, 6.07) is 9.34. The summed E-state index contributed by atoms with van der Waals surface area (Å²) in [6.45, 7) is 4.89. The fourth-order valence-electron chi connectivity index (χ4n) is 4.83. The van der Waals surface area contributed by atoms with Gasteiger partial charge in [0.2, 0.25) is 0 Å². The van der Waals surface area contributed by atoms with Crippen LogP contribution in [0.4, 0.5) is 0 Å². The number of halogens is 2. The third kappa shape index (κ3) is 5.00. The van der Waals surface area contributed by atoms with Crippen LogP contribution in [0.3, 0.4) is 0 Å². The van der Waals surface area contributed by atoms with Crippen LogP contribution in [0.2, 0.25) is 0 Å². The Kier molecular flexibility index (Phi) is 8.59. The van der Waals surface area contributed by atoms with Crippen LogP contribution in [-0.2, 0) is 15.1 Å². The van der Waals surface area contributed by atoms with E-state index in [1.54, 1.807) is 0 Å². The Morgan fingerprint density at radius 3 is 2.46 bits per heavy atom. The minimum absolute atomic E-state index is 0. The fourth-order valence-corrected chi connectivity index (χ4v) is 4.83. The van der Waals surface area contributed by atoms with Crippen molar-refractivity contribution in [3.63, 3.8) is 0 Å². The summed E-state index contributed by atoms with van der Waals surface area (Å²) in [5.74, 6) is 0.265. The quantitative estimate of drug-likeness (QED) is 0.703. The molecule has 7 heteroatoms. The molecule has 0 amide bonds. The van der Waals surface area contributed by atoms with Crippen molar-refractivity contribution in [3.8, 4) is 0 Å². The molecule has 1 aromatic rings. The predicted molar refractivity (Wildman–Crippen MR) is 114 cm³/mol. The van der Waals surface area contributed by atoms with Gasteiger partial charge in [0.25, 0.3) is 0 Å². The number of aliphatic hydroxyl groups is 1. The summed E-state index contributed by atoms with van der Waals surface area (Å²) in [5, 5.41) is 14.9. The Bertz CT molecular complexity index is 619. The maximum atomic E-state index is 13.2. The van der Waals surface area contributed by atoms with Gasteiger partial charge in [0.05, 0.1) is 0 Å². The van der Waals surface area contributed by atoms with E-state index in [1.807, 2.05) is 30.3 Å². The molecular formula is C21H32Cl2N2O3. The van der Waals surface area contributed by atoms with E-state index in [1.165, 1.54) is 0 Å². The van der Waals surface area contributed by atoms with E-state index in [2.05, 4.69) is 10.2 Å². The molecule has 3 unspecified atom stereocenters. The highest BCUT2D eigenvalue weighted by molar-refractivity contribution is 5.85. The van der Waals surface area contributed by atoms with Crippen LogP contribution in [-0.4, -0.2) is 54.8 Å². The molecule has 0 aliphatic carbocycles. The zero-order chi connectivity index (χ0) is 18.0. The maximum absolute atomic E-state index is 13.2. The second-order valence-electron chi connectivity index (χ2n) is 8.22. The number of nitrogens with zero attached hydrogens (tertiary/aromatic N) is 1. The number of hydrogen-bond acceptors (Lipinski definition) is 5. The van der Waals surface area contributed by atoms with Crippen molar-refractivity contribution < 1.29 is 14.6 Å². The first-order valence-electron chi connectivity index (χ1n) is 10.1. The van der Waals surface area contributed by atoms with Gasteiger partial charge in [-0.3, -0.25) is 4.90 Å². The van der Waals surface area contributed by atoms with Crippen LogP contribution < -0.4 is 5.32 Å². The van der Waals surface area contributed by atoms with E-state index < -0.39 is 11.6 Å². The molecular weight excluding hydrogens is 399 g/mol. The van der Waals surface area contributed by atoms with E-state index in [0.717, 1.165) is 58.4 Å². The van der Waals surface area contributed by atoms with Gasteiger partial charge in [-0.1, -0.05) is 30.3 Å². The number of fused-ring (bicyclic) bond motifs is 3. The molecule has 0 spiro atoms. The summed E-state index contributed by atoms with van der Waals surface area (Å²) in [5.41, 5.74) is -0.909. The molecule has 2 N–H and O–H groups in total. The summed E-state index contributed by atoms with van der Waals surface area (Å²) >= 11 is 0. The number of hydrogen-bond donors (Lipinski definition) is 2. The van der Waals surface area contributed by atoms with Crippen LogP contribution >= 0.6 is 24.8 Å². The lowest BCUT2D eigenvalue weighted by Gasteiger charge is -2.45. The number of ether oxygens (including phenoxy) is 1. The third-order valence-corrected chi connectivity index (χ3v) is 6.43. The highest BCUT2D eigenvalue weighted by Gasteiger charge is 2.45. The standard InChI is InChI=1S/C21H30N2O3.2ClH/c24-20(26-19-15-23-11-8-17(19)9-12-23)21(25,18-6-2-1-3-7-18)13-16-5-4-10-22-14-16;;/h1-3,6-7,16-17,19,22,25H,4-5,8-15H2;2*1H. The van der Waals surface area contributed by atoms with Crippen molar-refractivity contribution in [3.05, 3.63) is 35.9 Å². The fraction of sp³-hybridized carbons (Fsp3) is 0.667. The molecule has 4 fully saturated rings. The van der Waals surface area contributed by atoms with Gasteiger partial charge in [-0.25, -0.2) is 4.79 Å². The van der Waals surface area contributed by atoms with Crippen LogP contribution in [0.15, 0.2) is 30.3 Å². The molecule has 28 heavy (non-hydrogen) atoms. The van der Waals surface area contributed by atoms with E-state index in [0.29, 0.717) is 17.9 Å². The Morgan fingerprint density at radius 2 is 1.89 bits per heavy atom. The van der Waals surface area contributed by atoms with Crippen molar-refractivity contribution >= 4 is 30.8 Å². The van der Waals surface area contributed by atoms with Crippen molar-refractivity contribution in [2.45, 2.75) is 43.8 Å². The molecule has 1 aromatic carbocycles. The molecule has 0 saturated carbocycles. The SMILES string of the molecule is Cl.Cl.O=C(OC1CN2CCC1CC2)C(O)(CC1CCCNC1)c1ccccc1. The van der Waals surface area contributed by atoms with Crippen molar-refractivity contribution in [2.75, 3.05) is 32.7 Å². The molecule has 4 aliphatic rings. The van der Waals surface area contributed by atoms with Crippen molar-refractivity contribution in [1.29, 1.82) is 0 Å². The number of esters is 1. The first kappa shape index (κ1) is 23.4. The maximum Gasteiger partial charge on any atom is 0.343 e. The van der Waals surface area contributed by atoms with E-state index in [9.17, 15) is 9.90 Å². The van der Waals surface area contributed by atoms with E-state index in [-0.39, 0.29) is 36.8 Å². The first-order chi connectivity index (χ1) is 12.6. The number of nitrogens with one attached hydrogen (secondary N) is 1. The minimum Gasteiger partial charge on any atom is -0.458 e. The Morgan fingerprint density at radius 1 is 1.18 bits per heavy atom. The van der Waals surface area contributed by atoms with Gasteiger partial charge in [-0.15, -0.1) is 24.8 Å². The largest absolute Gasteiger partial charge is 0.458 e. The highest BCUT2D eigenvalue weighted by Crippen LogP contribution is 2.35. The Labute approximate surface area is 180 Å². The summed E-state index contributed by atoms with van der Waals surface area (Å²) in [4.78, 5) is 15.5. The van der Waals surface area contributed by atoms with Gasteiger partial charge >= 0.3 is 5.97 Å². The average Bonchev–Trinajstić information content (AvgIpc) is 2.70. The van der Waals surface area contributed by atoms with Gasteiger partial charge in [-0.2, -0.15) is 0 Å². The third-order valence-electron chi connectivity index (χ3n) is 6.43. The molecule has 5 nitrogen and oxygen atoms in total. The van der Waals surface area contributed by atoms with Gasteiger partial charge in [0.15, 0.2) is 5.60 Å². The van der Waals surface area contributed by atoms with Crippen LogP contribution in [0, 0.1) is 11.8 Å². The molecule has 4 aliphatic heterocycles. The summed E-state index contributed by atoms with van der Waals surface area (Å²) < 4.78 is 5.94. The molecule has 4 saturated heterocycles. The zero-order valence-corrected chi connectivity index (χ0v) is 17.9. The topological polar surface area (TPSA) is 61.8 Å². The van der Waals surface area contributed by atoms with Crippen molar-refractivity contribution in [2.24, 2.45) is 11.8 Å². The Hall–Kier alpha value is -0.850. The lowest BCUT2D eigenvalue weighted by molar-refractivity contribution is -0.183. The highest BCUT2D eigenvalue weighted by atomic mass is 35.5. The summed E-state index contributed by atoms with van der Waals surface area (Å²) in [7, 11) is 0. The van der Waals surface area contributed by atoms with E-state index >= 15 is 0 Å². The molecule has 158 valence electrons. The van der Waals surface area contributed by atoms with Crippen LogP contribution in [0.5, 0.6) is 0 Å². The number of carbonyl (C=O) groups excluding carboxylic acids is 1. The number of benzene rings is 1. The van der Waals surface area contributed by atoms with Crippen LogP contribution in [0.1, 0.15) is 37.7 Å². The normalized spacial score (nSPS) is 31.0. The second-order valence-corrected chi connectivity index (χ2v) is 8.22. The smallest absolute Gasteiger partial charge is 0.343 e. The van der Waals surface area contributed by atoms with Gasteiger partial charge in [-0.05, 0) is 75.7 Å². The minimum atomic E-state index is -1.56. The van der Waals surface area contributed by atoms with Gasteiger partial charge in [0.1, 0.15) is 6.10 Å². The molecule has 5 rings (SSSR count). The molecule has 0 radical (unpaired) electrons. The number of rotatable bonds is 5. The lowest BCUT2D eigenvalue weighted by Crippen LogP contribution is -2.54. The second kappa shape index (κ2) is 10.3. The zero-order valence-electron chi connectivity index (χ0n) is 16.2. The number of carbonyl (C=O) groups is 1. The van der Waals surface area contributed by atoms with E-state index in [4.69, 9.17) is 4.74 Å². The molecule has 4 heterocycles. The molecule has 0 aromatic heterocycles. The summed E-state index contributed by atoms with van der Waals surface area (Å²) in [6.07, 6.45) is 4.65. The monoisotopic (exact) mass is 430 g/mol. The molecule has 2 bridgehead atoms.